The first-order valence-corrected chi connectivity index (χ1v) is 6.28. The summed E-state index contributed by atoms with van der Waals surface area (Å²) in [6, 6.07) is 4.24. The summed E-state index contributed by atoms with van der Waals surface area (Å²) in [5.41, 5.74) is -0.0851. The van der Waals surface area contributed by atoms with E-state index in [0.29, 0.717) is 19.5 Å². The van der Waals surface area contributed by atoms with Crippen LogP contribution >= 0.6 is 0 Å². The fourth-order valence-corrected chi connectivity index (χ4v) is 1.89. The van der Waals surface area contributed by atoms with Gasteiger partial charge in [-0.2, -0.15) is 0 Å². The minimum atomic E-state index is -0.584. The van der Waals surface area contributed by atoms with E-state index >= 15 is 0 Å². The summed E-state index contributed by atoms with van der Waals surface area (Å²) in [5.74, 6) is -0.383. The third kappa shape index (κ3) is 3.45. The molecule has 0 atom stereocenters. The zero-order valence-electron chi connectivity index (χ0n) is 11.5. The number of aliphatic hydroxyl groups is 1. The van der Waals surface area contributed by atoms with Gasteiger partial charge in [-0.3, -0.25) is 14.9 Å². The topological polar surface area (TPSA) is 92.9 Å². The van der Waals surface area contributed by atoms with Crippen molar-refractivity contribution in [1.82, 2.24) is 4.90 Å². The van der Waals surface area contributed by atoms with E-state index in [4.69, 9.17) is 9.84 Å². The van der Waals surface area contributed by atoms with Crippen LogP contribution in [-0.2, 0) is 0 Å². The van der Waals surface area contributed by atoms with Crippen molar-refractivity contribution in [3.63, 3.8) is 0 Å². The molecule has 1 amide bonds. The minimum Gasteiger partial charge on any atom is -0.490 e. The summed E-state index contributed by atoms with van der Waals surface area (Å²) in [6.07, 6.45) is 0.455. The molecule has 0 fully saturated rings. The van der Waals surface area contributed by atoms with Gasteiger partial charge in [-0.15, -0.1) is 0 Å². The number of hydrogen-bond acceptors (Lipinski definition) is 5. The molecule has 1 aromatic carbocycles. The molecule has 0 aliphatic heterocycles. The number of aliphatic hydroxyl groups excluding tert-OH is 1. The Morgan fingerprint density at radius 3 is 2.70 bits per heavy atom. The van der Waals surface area contributed by atoms with Crippen molar-refractivity contribution in [3.05, 3.63) is 33.9 Å². The number of para-hydroxylation sites is 1. The molecule has 1 rings (SSSR count). The van der Waals surface area contributed by atoms with Crippen LogP contribution in [0.2, 0.25) is 0 Å². The highest BCUT2D eigenvalue weighted by atomic mass is 16.6. The van der Waals surface area contributed by atoms with Gasteiger partial charge in [0.1, 0.15) is 0 Å². The number of nitrogens with zero attached hydrogens (tertiary/aromatic N) is 2. The predicted octanol–water partition coefficient (Wildman–Crippen LogP) is 1.45. The number of carbonyl (C=O) groups is 1. The first-order chi connectivity index (χ1) is 9.56. The average molecular weight is 282 g/mol. The molecule has 20 heavy (non-hydrogen) atoms. The summed E-state index contributed by atoms with van der Waals surface area (Å²) < 4.78 is 5.02. The first-order valence-electron chi connectivity index (χ1n) is 6.28. The monoisotopic (exact) mass is 282 g/mol. The maximum Gasteiger partial charge on any atom is 0.311 e. The molecule has 1 aromatic rings. The van der Waals surface area contributed by atoms with Crippen LogP contribution in [0, 0.1) is 10.1 Å². The molecule has 0 aliphatic rings. The van der Waals surface area contributed by atoms with Gasteiger partial charge in [0, 0.05) is 25.8 Å². The lowest BCUT2D eigenvalue weighted by atomic mass is 10.1. The maximum absolute atomic E-state index is 12.4. The molecular weight excluding hydrogens is 264 g/mol. The fourth-order valence-electron chi connectivity index (χ4n) is 1.89. The van der Waals surface area contributed by atoms with Crippen molar-refractivity contribution in [2.45, 2.75) is 13.3 Å². The molecule has 1 N–H and O–H groups in total. The smallest absolute Gasteiger partial charge is 0.311 e. The van der Waals surface area contributed by atoms with Crippen LogP contribution in [0.4, 0.5) is 5.69 Å². The fraction of sp³-hybridized carbons (Fsp3) is 0.462. The summed E-state index contributed by atoms with van der Waals surface area (Å²) in [4.78, 5) is 24.2. The Hall–Kier alpha value is -2.15. The highest BCUT2D eigenvalue weighted by Gasteiger charge is 2.25. The number of methoxy groups -OCH3 is 1. The number of rotatable bonds is 7. The third-order valence-electron chi connectivity index (χ3n) is 2.88. The zero-order valence-corrected chi connectivity index (χ0v) is 11.5. The van der Waals surface area contributed by atoms with E-state index in [0.717, 1.165) is 0 Å². The molecule has 0 aliphatic carbocycles. The van der Waals surface area contributed by atoms with Crippen molar-refractivity contribution < 1.29 is 19.6 Å². The van der Waals surface area contributed by atoms with Crippen LogP contribution in [0.25, 0.3) is 0 Å². The van der Waals surface area contributed by atoms with E-state index in [9.17, 15) is 14.9 Å². The number of hydrogen-bond donors (Lipinski definition) is 1. The lowest BCUT2D eigenvalue weighted by molar-refractivity contribution is -0.385. The molecular formula is C13H18N2O5. The highest BCUT2D eigenvalue weighted by molar-refractivity contribution is 5.98. The second-order valence-electron chi connectivity index (χ2n) is 4.08. The molecule has 0 saturated heterocycles. The van der Waals surface area contributed by atoms with Crippen LogP contribution in [0.1, 0.15) is 23.7 Å². The molecule has 110 valence electrons. The molecule has 7 nitrogen and oxygen atoms in total. The zero-order chi connectivity index (χ0) is 15.1. The number of nitro benzene ring substituents is 1. The van der Waals surface area contributed by atoms with Gasteiger partial charge in [-0.25, -0.2) is 0 Å². The van der Waals surface area contributed by atoms with E-state index < -0.39 is 4.92 Å². The van der Waals surface area contributed by atoms with Gasteiger partial charge in [0.25, 0.3) is 5.91 Å². The van der Waals surface area contributed by atoms with Crippen LogP contribution in [0.5, 0.6) is 5.75 Å². The van der Waals surface area contributed by atoms with Crippen LogP contribution in [-0.4, -0.2) is 47.6 Å². The second-order valence-corrected chi connectivity index (χ2v) is 4.08. The Morgan fingerprint density at radius 1 is 1.50 bits per heavy atom. The number of benzene rings is 1. The molecule has 0 aromatic heterocycles. The predicted molar refractivity (Wildman–Crippen MR) is 72.9 cm³/mol. The number of amides is 1. The van der Waals surface area contributed by atoms with Gasteiger partial charge in [-0.05, 0) is 19.4 Å². The van der Waals surface area contributed by atoms with Crippen LogP contribution in [0.3, 0.4) is 0 Å². The van der Waals surface area contributed by atoms with E-state index in [1.165, 1.54) is 30.2 Å². The Labute approximate surface area is 116 Å². The quantitative estimate of drug-likeness (QED) is 0.603. The molecule has 0 unspecified atom stereocenters. The number of ether oxygens (including phenoxy) is 1. The molecule has 0 saturated carbocycles. The molecule has 0 bridgehead atoms. The third-order valence-corrected chi connectivity index (χ3v) is 2.88. The molecule has 7 heteroatoms. The lowest BCUT2D eigenvalue weighted by Gasteiger charge is -2.21. The molecule has 0 heterocycles. The number of carbonyl (C=O) groups excluding carboxylic acids is 1. The standard InChI is InChI=1S/C13H18N2O5/c1-3-14(8-5-9-16)13(17)10-6-4-7-11(15(18)19)12(10)20-2/h4,6-7,16H,3,5,8-9H2,1-2H3. The molecule has 0 radical (unpaired) electrons. The van der Waals surface area contributed by atoms with Gasteiger partial charge in [0.2, 0.25) is 5.75 Å². The van der Waals surface area contributed by atoms with Gasteiger partial charge in [-0.1, -0.05) is 6.07 Å². The summed E-state index contributed by atoms with van der Waals surface area (Å²) in [7, 11) is 1.29. The first kappa shape index (κ1) is 15.9. The second kappa shape index (κ2) is 7.44. The minimum absolute atomic E-state index is 0.0180. The van der Waals surface area contributed by atoms with Gasteiger partial charge in [0.05, 0.1) is 17.6 Å². The van der Waals surface area contributed by atoms with Crippen molar-refractivity contribution >= 4 is 11.6 Å². The van der Waals surface area contributed by atoms with E-state index in [-0.39, 0.29) is 29.5 Å². The summed E-state index contributed by atoms with van der Waals surface area (Å²) in [5, 5.41) is 19.8. The summed E-state index contributed by atoms with van der Waals surface area (Å²) in [6.45, 7) is 2.62. The van der Waals surface area contributed by atoms with Crippen molar-refractivity contribution in [1.29, 1.82) is 0 Å². The van der Waals surface area contributed by atoms with E-state index in [1.807, 2.05) is 0 Å². The van der Waals surface area contributed by atoms with Gasteiger partial charge < -0.3 is 14.7 Å². The van der Waals surface area contributed by atoms with Gasteiger partial charge >= 0.3 is 5.69 Å². The SMILES string of the molecule is CCN(CCCO)C(=O)c1cccc([N+](=O)[O-])c1OC. The highest BCUT2D eigenvalue weighted by Crippen LogP contribution is 2.31. The van der Waals surface area contributed by atoms with E-state index in [1.54, 1.807) is 6.92 Å². The lowest BCUT2D eigenvalue weighted by Crippen LogP contribution is -2.32. The van der Waals surface area contributed by atoms with Gasteiger partial charge in [0.15, 0.2) is 0 Å². The van der Waals surface area contributed by atoms with E-state index in [2.05, 4.69) is 0 Å². The molecule has 0 spiro atoms. The Morgan fingerprint density at radius 2 is 2.20 bits per heavy atom. The normalized spacial score (nSPS) is 10.2. The van der Waals surface area contributed by atoms with Crippen molar-refractivity contribution in [2.24, 2.45) is 0 Å². The Kier molecular flexibility index (Phi) is 5.92. The van der Waals surface area contributed by atoms with Crippen LogP contribution < -0.4 is 4.74 Å². The van der Waals surface area contributed by atoms with Crippen molar-refractivity contribution in [2.75, 3.05) is 26.8 Å². The maximum atomic E-state index is 12.4. The average Bonchev–Trinajstić information content (AvgIpc) is 2.46. The van der Waals surface area contributed by atoms with Crippen LogP contribution in [0.15, 0.2) is 18.2 Å². The Bertz CT molecular complexity index is 490. The summed E-state index contributed by atoms with van der Waals surface area (Å²) >= 11 is 0. The van der Waals surface area contributed by atoms with Crippen molar-refractivity contribution in [3.8, 4) is 5.75 Å². The Balaban J connectivity index is 3.14. The largest absolute Gasteiger partial charge is 0.490 e. The number of nitro groups is 1.